The van der Waals surface area contributed by atoms with Crippen molar-refractivity contribution in [3.05, 3.63) is 24.5 Å². The van der Waals surface area contributed by atoms with E-state index in [9.17, 15) is 8.42 Å². The lowest BCUT2D eigenvalue weighted by Gasteiger charge is -2.03. The average molecular weight is 313 g/mol. The molecule has 0 amide bonds. The Balaban J connectivity index is 1.89. The van der Waals surface area contributed by atoms with Crippen LogP contribution in [0.15, 0.2) is 23.6 Å². The van der Waals surface area contributed by atoms with Crippen molar-refractivity contribution in [2.45, 2.75) is 31.3 Å². The first-order valence-electron chi connectivity index (χ1n) is 6.69. The molecule has 116 valence electrons. The Bertz CT molecular complexity index is 635. The second-order valence-corrected chi connectivity index (χ2v) is 6.21. The Hall–Kier alpha value is -1.78. The smallest absolute Gasteiger partial charge is 0.244 e. The van der Waals surface area contributed by atoms with Gasteiger partial charge in [0.05, 0.1) is 19.3 Å². The Morgan fingerprint density at radius 1 is 1.38 bits per heavy atom. The molecule has 0 aromatic carbocycles. The van der Waals surface area contributed by atoms with E-state index in [2.05, 4.69) is 37.2 Å². The minimum Gasteiger partial charge on any atom is -0.315 e. The van der Waals surface area contributed by atoms with Gasteiger partial charge in [-0.15, -0.1) is 0 Å². The SMILES string of the molecule is CCCNCCn1cc(S(=O)(=O)NCc2ncn[nH]2)cn1. The molecule has 0 saturated heterocycles. The summed E-state index contributed by atoms with van der Waals surface area (Å²) in [5.41, 5.74) is 0. The van der Waals surface area contributed by atoms with E-state index in [1.165, 1.54) is 18.7 Å². The molecule has 3 N–H and O–H groups in total. The van der Waals surface area contributed by atoms with Crippen LogP contribution in [0, 0.1) is 0 Å². The summed E-state index contributed by atoms with van der Waals surface area (Å²) < 4.78 is 28.2. The lowest BCUT2D eigenvalue weighted by Crippen LogP contribution is -2.23. The van der Waals surface area contributed by atoms with Gasteiger partial charge >= 0.3 is 0 Å². The number of hydrogen-bond donors (Lipinski definition) is 3. The molecule has 2 rings (SSSR count). The molecule has 0 saturated carbocycles. The number of nitrogens with zero attached hydrogens (tertiary/aromatic N) is 4. The van der Waals surface area contributed by atoms with E-state index in [-0.39, 0.29) is 11.4 Å². The third-order valence-electron chi connectivity index (χ3n) is 2.76. The second kappa shape index (κ2) is 7.29. The van der Waals surface area contributed by atoms with Crippen LogP contribution in [-0.4, -0.2) is 46.5 Å². The lowest BCUT2D eigenvalue weighted by atomic mass is 10.5. The second-order valence-electron chi connectivity index (χ2n) is 4.45. The van der Waals surface area contributed by atoms with E-state index in [0.717, 1.165) is 19.5 Å². The summed E-state index contributed by atoms with van der Waals surface area (Å²) in [6.45, 7) is 4.46. The maximum absolute atomic E-state index is 12.1. The van der Waals surface area contributed by atoms with Gasteiger partial charge in [-0.1, -0.05) is 6.92 Å². The van der Waals surface area contributed by atoms with Crippen LogP contribution in [0.4, 0.5) is 0 Å². The Kier molecular flexibility index (Phi) is 5.42. The van der Waals surface area contributed by atoms with Crippen LogP contribution in [0.2, 0.25) is 0 Å². The van der Waals surface area contributed by atoms with E-state index in [1.807, 2.05) is 0 Å². The number of sulfonamides is 1. The molecule has 0 aliphatic rings. The largest absolute Gasteiger partial charge is 0.315 e. The van der Waals surface area contributed by atoms with Gasteiger partial charge in [0, 0.05) is 12.7 Å². The van der Waals surface area contributed by atoms with Crippen LogP contribution < -0.4 is 10.0 Å². The quantitative estimate of drug-likeness (QED) is 0.536. The molecule has 0 fully saturated rings. The van der Waals surface area contributed by atoms with E-state index < -0.39 is 10.0 Å². The van der Waals surface area contributed by atoms with Crippen LogP contribution in [0.25, 0.3) is 0 Å². The predicted octanol–water partition coefficient (Wildman–Crippen LogP) is -0.521. The van der Waals surface area contributed by atoms with Crippen molar-refractivity contribution in [2.24, 2.45) is 0 Å². The minimum atomic E-state index is -3.59. The Labute approximate surface area is 123 Å². The molecule has 10 heteroatoms. The molecule has 0 aliphatic carbocycles. The molecule has 0 radical (unpaired) electrons. The number of H-pyrrole nitrogens is 1. The van der Waals surface area contributed by atoms with Crippen molar-refractivity contribution in [3.63, 3.8) is 0 Å². The summed E-state index contributed by atoms with van der Waals surface area (Å²) in [6, 6.07) is 0. The summed E-state index contributed by atoms with van der Waals surface area (Å²) >= 11 is 0. The number of hydrogen-bond acceptors (Lipinski definition) is 6. The van der Waals surface area contributed by atoms with E-state index >= 15 is 0 Å². The summed E-state index contributed by atoms with van der Waals surface area (Å²) in [7, 11) is -3.59. The van der Waals surface area contributed by atoms with Crippen molar-refractivity contribution in [1.82, 2.24) is 35.0 Å². The van der Waals surface area contributed by atoms with E-state index in [0.29, 0.717) is 12.4 Å². The van der Waals surface area contributed by atoms with Gasteiger partial charge in [0.2, 0.25) is 10.0 Å². The highest BCUT2D eigenvalue weighted by Crippen LogP contribution is 2.07. The predicted molar refractivity (Wildman–Crippen MR) is 75.8 cm³/mol. The van der Waals surface area contributed by atoms with Crippen LogP contribution in [0.5, 0.6) is 0 Å². The third-order valence-corrected chi connectivity index (χ3v) is 4.11. The maximum atomic E-state index is 12.1. The molecule has 0 aliphatic heterocycles. The Morgan fingerprint density at radius 2 is 2.24 bits per heavy atom. The highest BCUT2D eigenvalue weighted by atomic mass is 32.2. The summed E-state index contributed by atoms with van der Waals surface area (Å²) in [5.74, 6) is 0.453. The highest BCUT2D eigenvalue weighted by molar-refractivity contribution is 7.89. The number of aromatic nitrogens is 5. The molecular weight excluding hydrogens is 294 g/mol. The van der Waals surface area contributed by atoms with E-state index in [4.69, 9.17) is 0 Å². The zero-order chi connectivity index (χ0) is 15.1. The van der Waals surface area contributed by atoms with Crippen molar-refractivity contribution >= 4 is 10.0 Å². The Morgan fingerprint density at radius 3 is 2.95 bits per heavy atom. The molecular formula is C11H19N7O2S. The molecule has 0 spiro atoms. The van der Waals surface area contributed by atoms with Crippen LogP contribution in [0.3, 0.4) is 0 Å². The molecule has 0 atom stereocenters. The molecule has 2 aromatic heterocycles. The molecule has 9 nitrogen and oxygen atoms in total. The monoisotopic (exact) mass is 313 g/mol. The van der Waals surface area contributed by atoms with Gasteiger partial charge in [0.25, 0.3) is 0 Å². The fraction of sp³-hybridized carbons (Fsp3) is 0.545. The topological polar surface area (TPSA) is 118 Å². The summed E-state index contributed by atoms with van der Waals surface area (Å²) in [4.78, 5) is 3.99. The van der Waals surface area contributed by atoms with Crippen molar-refractivity contribution in [1.29, 1.82) is 0 Å². The lowest BCUT2D eigenvalue weighted by molar-refractivity contribution is 0.551. The summed E-state index contributed by atoms with van der Waals surface area (Å²) in [5, 5.41) is 13.5. The normalized spacial score (nSPS) is 11.9. The van der Waals surface area contributed by atoms with Crippen molar-refractivity contribution < 1.29 is 8.42 Å². The van der Waals surface area contributed by atoms with Gasteiger partial charge in [0.15, 0.2) is 0 Å². The molecule has 0 unspecified atom stereocenters. The first-order chi connectivity index (χ1) is 10.1. The zero-order valence-electron chi connectivity index (χ0n) is 11.8. The zero-order valence-corrected chi connectivity index (χ0v) is 12.6. The number of aromatic amines is 1. The van der Waals surface area contributed by atoms with Crippen LogP contribution in [0.1, 0.15) is 19.2 Å². The standard InChI is InChI=1S/C11H19N7O2S/c1-2-3-12-4-5-18-8-10(6-15-18)21(19,20)16-7-11-13-9-14-17-11/h6,8-9,12,16H,2-5,7H2,1H3,(H,13,14,17). The first kappa shape index (κ1) is 15.6. The first-order valence-corrected chi connectivity index (χ1v) is 8.17. The van der Waals surface area contributed by atoms with Crippen molar-refractivity contribution in [2.75, 3.05) is 13.1 Å². The highest BCUT2D eigenvalue weighted by Gasteiger charge is 2.16. The average Bonchev–Trinajstić information content (AvgIpc) is 3.13. The van der Waals surface area contributed by atoms with E-state index in [1.54, 1.807) is 4.68 Å². The summed E-state index contributed by atoms with van der Waals surface area (Å²) in [6.07, 6.45) is 5.23. The van der Waals surface area contributed by atoms with Crippen LogP contribution in [-0.2, 0) is 23.1 Å². The molecule has 21 heavy (non-hydrogen) atoms. The van der Waals surface area contributed by atoms with Crippen LogP contribution >= 0.6 is 0 Å². The van der Waals surface area contributed by atoms with Gasteiger partial charge in [-0.3, -0.25) is 9.78 Å². The van der Waals surface area contributed by atoms with Crippen molar-refractivity contribution in [3.8, 4) is 0 Å². The maximum Gasteiger partial charge on any atom is 0.244 e. The minimum absolute atomic E-state index is 0.0611. The van der Waals surface area contributed by atoms with Gasteiger partial charge in [0.1, 0.15) is 17.0 Å². The fourth-order valence-corrected chi connectivity index (χ4v) is 2.60. The van der Waals surface area contributed by atoms with Gasteiger partial charge in [-0.05, 0) is 13.0 Å². The molecule has 0 bridgehead atoms. The molecule has 2 heterocycles. The van der Waals surface area contributed by atoms with Gasteiger partial charge < -0.3 is 5.32 Å². The van der Waals surface area contributed by atoms with Gasteiger partial charge in [-0.2, -0.15) is 10.2 Å². The van der Waals surface area contributed by atoms with Gasteiger partial charge in [-0.25, -0.2) is 18.1 Å². The molecule has 2 aromatic rings. The third kappa shape index (κ3) is 4.62. The number of nitrogens with one attached hydrogen (secondary N) is 3. The fourth-order valence-electron chi connectivity index (χ4n) is 1.66. The number of rotatable bonds is 9.